The molecule has 2 aromatic rings. The number of anilines is 2. The Bertz CT molecular complexity index is 1080. The van der Waals surface area contributed by atoms with Gasteiger partial charge >= 0.3 is 6.03 Å². The molecule has 0 bridgehead atoms. The molecule has 0 unspecified atom stereocenters. The van der Waals surface area contributed by atoms with E-state index in [1.807, 2.05) is 0 Å². The van der Waals surface area contributed by atoms with E-state index >= 15 is 0 Å². The van der Waals surface area contributed by atoms with Crippen LogP contribution < -0.4 is 16.4 Å². The number of aliphatic hydroxyl groups excluding tert-OH is 1. The maximum atomic E-state index is 13.1. The second-order valence-electron chi connectivity index (χ2n) is 8.35. The minimum Gasteiger partial charge on any atom is -0.394 e. The molecule has 31 heavy (non-hydrogen) atoms. The van der Waals surface area contributed by atoms with Gasteiger partial charge in [-0.05, 0) is 63.3 Å². The van der Waals surface area contributed by atoms with Gasteiger partial charge in [-0.15, -0.1) is 0 Å². The molecule has 0 aliphatic heterocycles. The normalized spacial score (nSPS) is 18.6. The zero-order chi connectivity index (χ0) is 22.2. The van der Waals surface area contributed by atoms with Crippen molar-refractivity contribution in [2.45, 2.75) is 55.1 Å². The molecular weight excluding hydrogens is 418 g/mol. The van der Waals surface area contributed by atoms with Gasteiger partial charge in [0.2, 0.25) is 0 Å². The minimum absolute atomic E-state index is 0.153. The standard InChI is InChI=1S/C21H27N5O4S/c1-13(12-27)23-20(28)24-15-5-3-14(4-6-15)19-25-17(11-18(22)26-19)21(9-2-10-21)31(29,30)16-7-8-16/h3-6,11,13,16,27H,2,7-10,12H2,1H3,(H2,22,25,26)(H2,23,24,28)/t13-/m1/s1. The van der Waals surface area contributed by atoms with E-state index in [1.165, 1.54) is 0 Å². The van der Waals surface area contributed by atoms with Crippen molar-refractivity contribution in [1.29, 1.82) is 0 Å². The Labute approximate surface area is 181 Å². The highest BCUT2D eigenvalue weighted by atomic mass is 32.2. The lowest BCUT2D eigenvalue weighted by Crippen LogP contribution is -2.45. The zero-order valence-corrected chi connectivity index (χ0v) is 18.2. The highest BCUT2D eigenvalue weighted by molar-refractivity contribution is 7.93. The zero-order valence-electron chi connectivity index (χ0n) is 17.3. The molecule has 0 spiro atoms. The van der Waals surface area contributed by atoms with Crippen molar-refractivity contribution < 1.29 is 18.3 Å². The number of nitrogens with zero attached hydrogens (tertiary/aromatic N) is 2. The molecule has 2 saturated carbocycles. The van der Waals surface area contributed by atoms with E-state index in [0.29, 0.717) is 35.6 Å². The van der Waals surface area contributed by atoms with Gasteiger partial charge in [0.15, 0.2) is 15.7 Å². The molecule has 2 aliphatic carbocycles. The van der Waals surface area contributed by atoms with Crippen LogP contribution in [0.2, 0.25) is 0 Å². The average molecular weight is 446 g/mol. The summed E-state index contributed by atoms with van der Waals surface area (Å²) in [4.78, 5) is 20.8. The van der Waals surface area contributed by atoms with Gasteiger partial charge in [-0.3, -0.25) is 0 Å². The Balaban J connectivity index is 1.58. The Hall–Kier alpha value is -2.72. The monoisotopic (exact) mass is 445 g/mol. The van der Waals surface area contributed by atoms with Gasteiger partial charge in [0, 0.05) is 17.3 Å². The number of carbonyl (C=O) groups is 1. The fourth-order valence-corrected chi connectivity index (χ4v) is 6.50. The van der Waals surface area contributed by atoms with Gasteiger partial charge in [0.1, 0.15) is 10.6 Å². The van der Waals surface area contributed by atoms with E-state index in [-0.39, 0.29) is 23.7 Å². The van der Waals surface area contributed by atoms with Crippen LogP contribution in [-0.2, 0) is 14.6 Å². The van der Waals surface area contributed by atoms with E-state index in [0.717, 1.165) is 19.3 Å². The molecule has 5 N–H and O–H groups in total. The van der Waals surface area contributed by atoms with Crippen LogP contribution in [0, 0.1) is 0 Å². The van der Waals surface area contributed by atoms with E-state index in [2.05, 4.69) is 20.6 Å². The number of urea groups is 1. The lowest BCUT2D eigenvalue weighted by molar-refractivity contribution is 0.229. The number of amides is 2. The van der Waals surface area contributed by atoms with Gasteiger partial charge in [-0.1, -0.05) is 0 Å². The molecule has 2 amide bonds. The first-order valence-electron chi connectivity index (χ1n) is 10.4. The Kier molecular flexibility index (Phi) is 5.61. The molecule has 9 nitrogen and oxygen atoms in total. The molecule has 0 radical (unpaired) electrons. The van der Waals surface area contributed by atoms with Crippen molar-refractivity contribution in [2.24, 2.45) is 0 Å². The van der Waals surface area contributed by atoms with Crippen molar-refractivity contribution in [3.8, 4) is 11.4 Å². The molecule has 1 aromatic heterocycles. The van der Waals surface area contributed by atoms with E-state index in [9.17, 15) is 13.2 Å². The highest BCUT2D eigenvalue weighted by Crippen LogP contribution is 2.53. The van der Waals surface area contributed by atoms with Gasteiger partial charge in [-0.25, -0.2) is 23.2 Å². The maximum Gasteiger partial charge on any atom is 0.319 e. The molecule has 1 heterocycles. The van der Waals surface area contributed by atoms with Crippen molar-refractivity contribution in [3.63, 3.8) is 0 Å². The fourth-order valence-electron chi connectivity index (χ4n) is 3.85. The lowest BCUT2D eigenvalue weighted by atomic mass is 9.81. The summed E-state index contributed by atoms with van der Waals surface area (Å²) < 4.78 is 25.3. The molecule has 166 valence electrons. The molecule has 10 heteroatoms. The SMILES string of the molecule is C[C@H](CO)NC(=O)Nc1ccc(-c2nc(N)cc(C3(S(=O)(=O)C4CC4)CCC3)n2)cc1. The summed E-state index contributed by atoms with van der Waals surface area (Å²) in [6.45, 7) is 1.54. The quantitative estimate of drug-likeness (QED) is 0.510. The predicted molar refractivity (Wildman–Crippen MR) is 118 cm³/mol. The number of nitrogen functional groups attached to an aromatic ring is 1. The van der Waals surface area contributed by atoms with E-state index in [1.54, 1.807) is 37.3 Å². The second kappa shape index (κ2) is 8.08. The van der Waals surface area contributed by atoms with Gasteiger partial charge < -0.3 is 21.5 Å². The molecule has 0 saturated heterocycles. The van der Waals surface area contributed by atoms with Crippen LogP contribution in [0.15, 0.2) is 30.3 Å². The first-order chi connectivity index (χ1) is 14.7. The topological polar surface area (TPSA) is 147 Å². The third-order valence-corrected chi connectivity index (χ3v) is 8.99. The first kappa shape index (κ1) is 21.5. The summed E-state index contributed by atoms with van der Waals surface area (Å²) in [6, 6.07) is 7.69. The van der Waals surface area contributed by atoms with Gasteiger partial charge in [-0.2, -0.15) is 0 Å². The summed E-state index contributed by atoms with van der Waals surface area (Å²) in [5, 5.41) is 14.0. The number of nitrogens with two attached hydrogens (primary N) is 1. The third-order valence-electron chi connectivity index (χ3n) is 5.93. The number of sulfone groups is 1. The fraction of sp³-hybridized carbons (Fsp3) is 0.476. The number of carbonyl (C=O) groups excluding carboxylic acids is 1. The second-order valence-corrected chi connectivity index (χ2v) is 10.9. The maximum absolute atomic E-state index is 13.1. The summed E-state index contributed by atoms with van der Waals surface area (Å²) in [5.41, 5.74) is 7.74. The van der Waals surface area contributed by atoms with E-state index < -0.39 is 20.6 Å². The summed E-state index contributed by atoms with van der Waals surface area (Å²) >= 11 is 0. The number of nitrogens with one attached hydrogen (secondary N) is 2. The smallest absolute Gasteiger partial charge is 0.319 e. The Morgan fingerprint density at radius 2 is 1.94 bits per heavy atom. The Morgan fingerprint density at radius 3 is 2.48 bits per heavy atom. The van der Waals surface area contributed by atoms with Gasteiger partial charge in [0.05, 0.1) is 23.6 Å². The van der Waals surface area contributed by atoms with Crippen LogP contribution in [0.1, 0.15) is 44.7 Å². The van der Waals surface area contributed by atoms with Crippen LogP contribution >= 0.6 is 0 Å². The summed E-state index contributed by atoms with van der Waals surface area (Å²) in [5.74, 6) is 0.592. The van der Waals surface area contributed by atoms with Crippen LogP contribution in [0.5, 0.6) is 0 Å². The molecule has 4 rings (SSSR count). The van der Waals surface area contributed by atoms with Crippen molar-refractivity contribution >= 4 is 27.4 Å². The molecule has 2 fully saturated rings. The highest BCUT2D eigenvalue weighted by Gasteiger charge is 2.57. The first-order valence-corrected chi connectivity index (χ1v) is 12.0. The van der Waals surface area contributed by atoms with Crippen molar-refractivity contribution in [3.05, 3.63) is 36.0 Å². The lowest BCUT2D eigenvalue weighted by Gasteiger charge is -2.40. The third kappa shape index (κ3) is 4.09. The minimum atomic E-state index is -3.31. The number of aromatic nitrogens is 2. The predicted octanol–water partition coefficient (Wildman–Crippen LogP) is 2.18. The average Bonchev–Trinajstić information content (AvgIpc) is 3.52. The number of hydrogen-bond acceptors (Lipinski definition) is 7. The summed E-state index contributed by atoms with van der Waals surface area (Å²) in [6.07, 6.45) is 3.41. The van der Waals surface area contributed by atoms with E-state index in [4.69, 9.17) is 10.8 Å². The number of hydrogen-bond donors (Lipinski definition) is 4. The van der Waals surface area contributed by atoms with Crippen LogP contribution in [0.25, 0.3) is 11.4 Å². The molecular formula is C21H27N5O4S. The Morgan fingerprint density at radius 1 is 1.26 bits per heavy atom. The van der Waals surface area contributed by atoms with Crippen molar-refractivity contribution in [1.82, 2.24) is 15.3 Å². The number of aliphatic hydroxyl groups is 1. The molecule has 1 atom stereocenters. The number of rotatable bonds is 7. The van der Waals surface area contributed by atoms with Gasteiger partial charge in [0.25, 0.3) is 0 Å². The van der Waals surface area contributed by atoms with Crippen molar-refractivity contribution in [2.75, 3.05) is 17.7 Å². The van der Waals surface area contributed by atoms with Crippen LogP contribution in [-0.4, -0.2) is 47.4 Å². The van der Waals surface area contributed by atoms with Crippen LogP contribution in [0.3, 0.4) is 0 Å². The number of benzene rings is 1. The largest absolute Gasteiger partial charge is 0.394 e. The molecule has 2 aliphatic rings. The molecule has 1 aromatic carbocycles. The summed E-state index contributed by atoms with van der Waals surface area (Å²) in [7, 11) is -3.31. The van der Waals surface area contributed by atoms with Crippen LogP contribution in [0.4, 0.5) is 16.3 Å².